The van der Waals surface area contributed by atoms with Crippen molar-refractivity contribution in [3.05, 3.63) is 53.7 Å². The number of nitrogens with one attached hydrogen (secondary N) is 1. The van der Waals surface area contributed by atoms with Crippen LogP contribution >= 0.6 is 0 Å². The van der Waals surface area contributed by atoms with Gasteiger partial charge in [0.15, 0.2) is 5.65 Å². The van der Waals surface area contributed by atoms with Crippen molar-refractivity contribution in [2.45, 2.75) is 52.2 Å². The molecule has 3 heterocycles. The Morgan fingerprint density at radius 1 is 1.15 bits per heavy atom. The Morgan fingerprint density at radius 3 is 2.42 bits per heavy atom. The number of anilines is 2. The SMILES string of the molecule is CC(C)C(O)C1CCN(c2cc(NC(=O)c3ccc(C(C)(C)O)cc3)nc3ccnn23)CC1. The maximum Gasteiger partial charge on any atom is 0.256 e. The lowest BCUT2D eigenvalue weighted by atomic mass is 9.86. The number of hydrogen-bond acceptors (Lipinski definition) is 6. The van der Waals surface area contributed by atoms with Crippen LogP contribution in [0.4, 0.5) is 11.6 Å². The molecular weight excluding hydrogens is 418 g/mol. The zero-order valence-corrected chi connectivity index (χ0v) is 19.7. The minimum Gasteiger partial charge on any atom is -0.393 e. The second-order valence-electron chi connectivity index (χ2n) is 9.75. The van der Waals surface area contributed by atoms with E-state index in [1.54, 1.807) is 48.8 Å². The molecule has 1 atom stereocenters. The van der Waals surface area contributed by atoms with Crippen LogP contribution in [0.2, 0.25) is 0 Å². The smallest absolute Gasteiger partial charge is 0.256 e. The van der Waals surface area contributed by atoms with Gasteiger partial charge in [-0.25, -0.2) is 4.98 Å². The molecule has 2 aromatic heterocycles. The summed E-state index contributed by atoms with van der Waals surface area (Å²) in [5.74, 6) is 1.61. The summed E-state index contributed by atoms with van der Waals surface area (Å²) in [6, 6.07) is 10.6. The second-order valence-corrected chi connectivity index (χ2v) is 9.75. The Hall–Kier alpha value is -2.97. The summed E-state index contributed by atoms with van der Waals surface area (Å²) in [4.78, 5) is 19.6. The number of carbonyl (C=O) groups excluding carboxylic acids is 1. The van der Waals surface area contributed by atoms with Gasteiger partial charge in [-0.05, 0) is 56.2 Å². The number of hydrogen-bond donors (Lipinski definition) is 3. The lowest BCUT2D eigenvalue weighted by molar-refractivity contribution is 0.0526. The minimum atomic E-state index is -0.961. The molecule has 0 aliphatic carbocycles. The molecule has 1 aromatic carbocycles. The Kier molecular flexibility index (Phi) is 6.41. The van der Waals surface area contributed by atoms with E-state index in [0.717, 1.165) is 37.3 Å². The molecule has 1 fully saturated rings. The average Bonchev–Trinajstić information content (AvgIpc) is 3.26. The molecule has 0 saturated carbocycles. The van der Waals surface area contributed by atoms with Crippen LogP contribution in [0.5, 0.6) is 0 Å². The highest BCUT2D eigenvalue weighted by molar-refractivity contribution is 6.04. The van der Waals surface area contributed by atoms with E-state index < -0.39 is 5.60 Å². The molecule has 4 rings (SSSR count). The summed E-state index contributed by atoms with van der Waals surface area (Å²) in [7, 11) is 0. The number of rotatable bonds is 6. The first kappa shape index (κ1) is 23.2. The molecule has 1 aliphatic heterocycles. The van der Waals surface area contributed by atoms with Gasteiger partial charge in [-0.15, -0.1) is 0 Å². The number of carbonyl (C=O) groups is 1. The molecule has 176 valence electrons. The van der Waals surface area contributed by atoms with Crippen LogP contribution in [-0.4, -0.2) is 49.9 Å². The number of aliphatic hydroxyl groups excluding tert-OH is 1. The quantitative estimate of drug-likeness (QED) is 0.531. The molecule has 3 aromatic rings. The zero-order chi connectivity index (χ0) is 23.8. The lowest BCUT2D eigenvalue weighted by Gasteiger charge is -2.36. The van der Waals surface area contributed by atoms with Gasteiger partial charge in [-0.3, -0.25) is 4.79 Å². The predicted molar refractivity (Wildman–Crippen MR) is 128 cm³/mol. The van der Waals surface area contributed by atoms with Crippen molar-refractivity contribution in [3.63, 3.8) is 0 Å². The molecule has 8 heteroatoms. The molecule has 33 heavy (non-hydrogen) atoms. The van der Waals surface area contributed by atoms with E-state index in [-0.39, 0.29) is 17.9 Å². The zero-order valence-electron chi connectivity index (χ0n) is 19.7. The average molecular weight is 452 g/mol. The van der Waals surface area contributed by atoms with E-state index in [0.29, 0.717) is 22.9 Å². The Balaban J connectivity index is 1.53. The lowest BCUT2D eigenvalue weighted by Crippen LogP contribution is -2.40. The van der Waals surface area contributed by atoms with Crippen LogP contribution in [0.25, 0.3) is 5.65 Å². The van der Waals surface area contributed by atoms with Gasteiger partial charge in [0, 0.05) is 30.8 Å². The number of aromatic nitrogens is 3. The van der Waals surface area contributed by atoms with Crippen molar-refractivity contribution in [1.29, 1.82) is 0 Å². The minimum absolute atomic E-state index is 0.250. The Morgan fingerprint density at radius 2 is 1.82 bits per heavy atom. The van der Waals surface area contributed by atoms with E-state index in [4.69, 9.17) is 0 Å². The van der Waals surface area contributed by atoms with Crippen LogP contribution in [0.3, 0.4) is 0 Å². The van der Waals surface area contributed by atoms with Gasteiger partial charge in [-0.1, -0.05) is 26.0 Å². The fourth-order valence-electron chi connectivity index (χ4n) is 4.42. The molecule has 1 saturated heterocycles. The van der Waals surface area contributed by atoms with Crippen molar-refractivity contribution in [2.75, 3.05) is 23.3 Å². The van der Waals surface area contributed by atoms with Gasteiger partial charge < -0.3 is 20.4 Å². The molecule has 0 spiro atoms. The highest BCUT2D eigenvalue weighted by Crippen LogP contribution is 2.29. The third kappa shape index (κ3) is 5.02. The van der Waals surface area contributed by atoms with Gasteiger partial charge in [0.1, 0.15) is 11.6 Å². The van der Waals surface area contributed by atoms with Crippen molar-refractivity contribution in [3.8, 4) is 0 Å². The summed E-state index contributed by atoms with van der Waals surface area (Å²) in [6.07, 6.45) is 3.22. The standard InChI is InChI=1S/C25H33N5O3/c1-16(2)23(31)17-10-13-29(14-11-17)22-15-20(27-21-9-12-26-30(21)22)28-24(32)18-5-7-19(8-6-18)25(3,4)33/h5-9,12,15-17,23,31,33H,10-11,13-14H2,1-4H3,(H,27,28,32). The summed E-state index contributed by atoms with van der Waals surface area (Å²) < 4.78 is 1.78. The summed E-state index contributed by atoms with van der Waals surface area (Å²) in [5, 5.41) is 27.9. The molecule has 1 amide bonds. The number of nitrogens with zero attached hydrogens (tertiary/aromatic N) is 4. The van der Waals surface area contributed by atoms with E-state index >= 15 is 0 Å². The maximum absolute atomic E-state index is 12.8. The first-order valence-electron chi connectivity index (χ1n) is 11.6. The largest absolute Gasteiger partial charge is 0.393 e. The van der Waals surface area contributed by atoms with Crippen LogP contribution in [0.1, 0.15) is 56.5 Å². The Labute approximate surface area is 194 Å². The third-order valence-corrected chi connectivity index (χ3v) is 6.47. The van der Waals surface area contributed by atoms with Crippen molar-refractivity contribution in [1.82, 2.24) is 14.6 Å². The maximum atomic E-state index is 12.8. The highest BCUT2D eigenvalue weighted by Gasteiger charge is 2.28. The van der Waals surface area contributed by atoms with E-state index in [1.807, 2.05) is 12.1 Å². The van der Waals surface area contributed by atoms with E-state index in [1.165, 1.54) is 0 Å². The number of fused-ring (bicyclic) bond motifs is 1. The van der Waals surface area contributed by atoms with Gasteiger partial charge in [0.05, 0.1) is 17.9 Å². The molecule has 1 aliphatic rings. The van der Waals surface area contributed by atoms with Crippen LogP contribution < -0.4 is 10.2 Å². The summed E-state index contributed by atoms with van der Waals surface area (Å²) in [6.45, 7) is 9.14. The molecular formula is C25H33N5O3. The molecule has 1 unspecified atom stereocenters. The molecule has 0 bridgehead atoms. The number of aliphatic hydroxyl groups is 2. The Bertz CT molecular complexity index is 1110. The normalized spacial score (nSPS) is 16.4. The van der Waals surface area contributed by atoms with E-state index in [9.17, 15) is 15.0 Å². The molecule has 0 radical (unpaired) electrons. The first-order valence-corrected chi connectivity index (χ1v) is 11.6. The topological polar surface area (TPSA) is 103 Å². The molecule has 3 N–H and O–H groups in total. The predicted octanol–water partition coefficient (Wildman–Crippen LogP) is 3.44. The monoisotopic (exact) mass is 451 g/mol. The fraction of sp³-hybridized carbons (Fsp3) is 0.480. The van der Waals surface area contributed by atoms with Crippen molar-refractivity contribution >= 4 is 23.2 Å². The number of piperidine rings is 1. The van der Waals surface area contributed by atoms with Gasteiger partial charge in [0.2, 0.25) is 0 Å². The molecule has 8 nitrogen and oxygen atoms in total. The van der Waals surface area contributed by atoms with Crippen LogP contribution in [0.15, 0.2) is 42.6 Å². The third-order valence-electron chi connectivity index (χ3n) is 6.47. The fourth-order valence-corrected chi connectivity index (χ4v) is 4.42. The number of amides is 1. The van der Waals surface area contributed by atoms with Crippen molar-refractivity contribution < 1.29 is 15.0 Å². The highest BCUT2D eigenvalue weighted by atomic mass is 16.3. The van der Waals surface area contributed by atoms with Gasteiger partial charge >= 0.3 is 0 Å². The van der Waals surface area contributed by atoms with Gasteiger partial charge in [0.25, 0.3) is 5.91 Å². The van der Waals surface area contributed by atoms with Crippen LogP contribution in [-0.2, 0) is 5.60 Å². The van der Waals surface area contributed by atoms with Crippen LogP contribution in [0, 0.1) is 11.8 Å². The summed E-state index contributed by atoms with van der Waals surface area (Å²) in [5.41, 5.74) is 0.927. The van der Waals surface area contributed by atoms with E-state index in [2.05, 4.69) is 34.1 Å². The second kappa shape index (κ2) is 9.11. The van der Waals surface area contributed by atoms with Crippen molar-refractivity contribution in [2.24, 2.45) is 11.8 Å². The summed E-state index contributed by atoms with van der Waals surface area (Å²) >= 11 is 0. The first-order chi connectivity index (χ1) is 15.6. The number of benzene rings is 1. The van der Waals surface area contributed by atoms with Gasteiger partial charge in [-0.2, -0.15) is 9.61 Å².